The predicted molar refractivity (Wildman–Crippen MR) is 72.8 cm³/mol. The van der Waals surface area contributed by atoms with E-state index in [9.17, 15) is 4.79 Å². The molecule has 0 heterocycles. The Balaban J connectivity index is 3.36. The van der Waals surface area contributed by atoms with E-state index in [0.29, 0.717) is 19.1 Å². The standard InChI is InChI=1S/C9H16Br3NO2/c1-7(2)6-15-5-3-4-13-8(14)9(10,11)12/h7H,3-6H2,1-2H3,(H,13,14). The Labute approximate surface area is 116 Å². The normalized spacial score (nSPS) is 11.9. The number of alkyl halides is 3. The van der Waals surface area contributed by atoms with Gasteiger partial charge in [-0.3, -0.25) is 4.79 Å². The molecule has 0 aliphatic carbocycles. The van der Waals surface area contributed by atoms with Crippen molar-refractivity contribution < 1.29 is 9.53 Å². The summed E-state index contributed by atoms with van der Waals surface area (Å²) in [6.45, 7) is 6.28. The molecule has 0 unspecified atom stereocenters. The highest BCUT2D eigenvalue weighted by molar-refractivity contribution is 9.40. The average Bonchev–Trinajstić information content (AvgIpc) is 2.08. The Morgan fingerprint density at radius 3 is 2.47 bits per heavy atom. The van der Waals surface area contributed by atoms with E-state index in [1.165, 1.54) is 0 Å². The van der Waals surface area contributed by atoms with Gasteiger partial charge in [0.1, 0.15) is 0 Å². The fraction of sp³-hybridized carbons (Fsp3) is 0.889. The smallest absolute Gasteiger partial charge is 0.258 e. The number of hydrogen-bond donors (Lipinski definition) is 1. The van der Waals surface area contributed by atoms with E-state index in [4.69, 9.17) is 4.74 Å². The summed E-state index contributed by atoms with van der Waals surface area (Å²) in [7, 11) is 0. The van der Waals surface area contributed by atoms with Crippen LogP contribution in [0.1, 0.15) is 20.3 Å². The van der Waals surface area contributed by atoms with E-state index in [0.717, 1.165) is 13.0 Å². The van der Waals surface area contributed by atoms with Crippen molar-refractivity contribution >= 4 is 53.7 Å². The third-order valence-electron chi connectivity index (χ3n) is 1.46. The first-order valence-corrected chi connectivity index (χ1v) is 7.14. The number of ether oxygens (including phenoxy) is 1. The maximum atomic E-state index is 11.3. The zero-order valence-corrected chi connectivity index (χ0v) is 13.6. The van der Waals surface area contributed by atoms with Crippen molar-refractivity contribution in [2.45, 2.75) is 22.4 Å². The van der Waals surface area contributed by atoms with Gasteiger partial charge in [0.2, 0.25) is 2.14 Å². The predicted octanol–water partition coefficient (Wildman–Crippen LogP) is 3.00. The molecule has 0 spiro atoms. The van der Waals surface area contributed by atoms with Gasteiger partial charge in [0.05, 0.1) is 0 Å². The SMILES string of the molecule is CC(C)COCCCNC(=O)C(Br)(Br)Br. The summed E-state index contributed by atoms with van der Waals surface area (Å²) in [5.74, 6) is 0.409. The summed E-state index contributed by atoms with van der Waals surface area (Å²) in [6.07, 6.45) is 0.821. The van der Waals surface area contributed by atoms with Crippen LogP contribution in [0, 0.1) is 5.92 Å². The quantitative estimate of drug-likeness (QED) is 0.541. The minimum Gasteiger partial charge on any atom is -0.381 e. The van der Waals surface area contributed by atoms with Crippen LogP contribution in [0.2, 0.25) is 0 Å². The van der Waals surface area contributed by atoms with E-state index < -0.39 is 2.14 Å². The van der Waals surface area contributed by atoms with E-state index in [1.54, 1.807) is 0 Å². The summed E-state index contributed by atoms with van der Waals surface area (Å²) in [4.78, 5) is 11.3. The van der Waals surface area contributed by atoms with Crippen LogP contribution in [0.15, 0.2) is 0 Å². The molecule has 0 saturated carbocycles. The average molecular weight is 410 g/mol. The van der Waals surface area contributed by atoms with Crippen molar-refractivity contribution in [3.05, 3.63) is 0 Å². The van der Waals surface area contributed by atoms with Crippen molar-refractivity contribution in [1.29, 1.82) is 0 Å². The van der Waals surface area contributed by atoms with Crippen molar-refractivity contribution in [3.8, 4) is 0 Å². The van der Waals surface area contributed by atoms with Crippen molar-refractivity contribution in [3.63, 3.8) is 0 Å². The molecule has 15 heavy (non-hydrogen) atoms. The van der Waals surface area contributed by atoms with Gasteiger partial charge in [-0.15, -0.1) is 0 Å². The van der Waals surface area contributed by atoms with Crippen LogP contribution >= 0.6 is 47.8 Å². The number of carbonyl (C=O) groups excluding carboxylic acids is 1. The van der Waals surface area contributed by atoms with Crippen LogP contribution in [0.4, 0.5) is 0 Å². The zero-order chi connectivity index (χ0) is 11.9. The van der Waals surface area contributed by atoms with Crippen LogP contribution in [0.5, 0.6) is 0 Å². The molecule has 0 aliphatic rings. The second-order valence-corrected chi connectivity index (χ2v) is 10.3. The van der Waals surface area contributed by atoms with Gasteiger partial charge in [-0.05, 0) is 60.1 Å². The summed E-state index contributed by atoms with van der Waals surface area (Å²) >= 11 is 9.41. The molecule has 0 bridgehead atoms. The number of carbonyl (C=O) groups is 1. The lowest BCUT2D eigenvalue weighted by molar-refractivity contribution is -0.119. The first-order chi connectivity index (χ1) is 6.84. The molecule has 3 nitrogen and oxygen atoms in total. The number of rotatable bonds is 6. The Morgan fingerprint density at radius 1 is 1.40 bits per heavy atom. The Kier molecular flexibility index (Phi) is 8.50. The molecule has 1 amide bonds. The van der Waals surface area contributed by atoms with Crippen LogP contribution in [-0.4, -0.2) is 27.8 Å². The van der Waals surface area contributed by atoms with Crippen molar-refractivity contribution in [2.75, 3.05) is 19.8 Å². The van der Waals surface area contributed by atoms with Crippen LogP contribution < -0.4 is 5.32 Å². The molecule has 0 atom stereocenters. The number of nitrogens with one attached hydrogen (secondary N) is 1. The van der Waals surface area contributed by atoms with E-state index >= 15 is 0 Å². The summed E-state index contributed by atoms with van der Waals surface area (Å²) in [6, 6.07) is 0. The zero-order valence-electron chi connectivity index (χ0n) is 8.86. The molecule has 0 aromatic heterocycles. The Bertz CT molecular complexity index is 192. The van der Waals surface area contributed by atoms with Gasteiger partial charge in [-0.2, -0.15) is 0 Å². The largest absolute Gasteiger partial charge is 0.381 e. The number of halogens is 3. The van der Waals surface area contributed by atoms with Gasteiger partial charge in [-0.25, -0.2) is 0 Å². The highest BCUT2D eigenvalue weighted by Crippen LogP contribution is 2.33. The first kappa shape index (κ1) is 15.9. The highest BCUT2D eigenvalue weighted by Gasteiger charge is 2.27. The molecule has 1 N–H and O–H groups in total. The van der Waals surface area contributed by atoms with E-state index in [1.807, 2.05) is 0 Å². The van der Waals surface area contributed by atoms with Gasteiger partial charge >= 0.3 is 0 Å². The molecule has 0 saturated heterocycles. The minimum atomic E-state index is -0.855. The van der Waals surface area contributed by atoms with Crippen molar-refractivity contribution in [1.82, 2.24) is 5.32 Å². The second-order valence-electron chi connectivity index (χ2n) is 3.58. The molecule has 0 rings (SSSR count). The maximum Gasteiger partial charge on any atom is 0.258 e. The lowest BCUT2D eigenvalue weighted by Crippen LogP contribution is -2.34. The topological polar surface area (TPSA) is 38.3 Å². The third kappa shape index (κ3) is 9.78. The molecule has 0 fully saturated rings. The molecular weight excluding hydrogens is 394 g/mol. The Morgan fingerprint density at radius 2 is 2.00 bits per heavy atom. The van der Waals surface area contributed by atoms with Gasteiger partial charge in [-0.1, -0.05) is 13.8 Å². The fourth-order valence-corrected chi connectivity index (χ4v) is 1.22. The summed E-state index contributed by atoms with van der Waals surface area (Å²) < 4.78 is 4.52. The lowest BCUT2D eigenvalue weighted by Gasteiger charge is -2.12. The van der Waals surface area contributed by atoms with Crippen LogP contribution in [0.25, 0.3) is 0 Å². The first-order valence-electron chi connectivity index (χ1n) is 4.76. The van der Waals surface area contributed by atoms with Gasteiger partial charge in [0.25, 0.3) is 5.91 Å². The Hall–Kier alpha value is 0.870. The van der Waals surface area contributed by atoms with Gasteiger partial charge in [0, 0.05) is 19.8 Å². The van der Waals surface area contributed by atoms with Gasteiger partial charge < -0.3 is 10.1 Å². The van der Waals surface area contributed by atoms with Gasteiger partial charge in [0.15, 0.2) is 0 Å². The number of hydrogen-bond acceptors (Lipinski definition) is 2. The molecule has 0 aliphatic heterocycles. The summed E-state index contributed by atoms with van der Waals surface area (Å²) in [5.41, 5.74) is 0. The number of amides is 1. The lowest BCUT2D eigenvalue weighted by atomic mass is 10.2. The summed E-state index contributed by atoms with van der Waals surface area (Å²) in [5, 5.41) is 2.75. The maximum absolute atomic E-state index is 11.3. The second kappa shape index (κ2) is 8.03. The monoisotopic (exact) mass is 407 g/mol. The van der Waals surface area contributed by atoms with Crippen LogP contribution in [0.3, 0.4) is 0 Å². The molecule has 90 valence electrons. The van der Waals surface area contributed by atoms with Crippen molar-refractivity contribution in [2.24, 2.45) is 5.92 Å². The van der Waals surface area contributed by atoms with E-state index in [-0.39, 0.29) is 5.91 Å². The molecular formula is C9H16Br3NO2. The molecule has 0 aromatic rings. The molecule has 6 heteroatoms. The van der Waals surface area contributed by atoms with E-state index in [2.05, 4.69) is 67.0 Å². The molecule has 0 aromatic carbocycles. The molecule has 0 radical (unpaired) electrons. The fourth-order valence-electron chi connectivity index (χ4n) is 0.795. The van der Waals surface area contributed by atoms with Crippen LogP contribution in [-0.2, 0) is 9.53 Å². The minimum absolute atomic E-state index is 0.147. The highest BCUT2D eigenvalue weighted by atomic mass is 80.0. The third-order valence-corrected chi connectivity index (χ3v) is 2.54.